The van der Waals surface area contributed by atoms with Crippen molar-refractivity contribution in [2.75, 3.05) is 20.1 Å². The molecule has 1 unspecified atom stereocenters. The van der Waals surface area contributed by atoms with Gasteiger partial charge in [0.05, 0.1) is 17.7 Å². The van der Waals surface area contributed by atoms with E-state index in [1.54, 1.807) is 11.3 Å². The highest BCUT2D eigenvalue weighted by Gasteiger charge is 2.58. The molecule has 0 aromatic carbocycles. The van der Waals surface area contributed by atoms with Gasteiger partial charge in [-0.15, -0.1) is 36.2 Å². The van der Waals surface area contributed by atoms with Crippen LogP contribution in [0.4, 0.5) is 0 Å². The number of halogens is 2. The van der Waals surface area contributed by atoms with Gasteiger partial charge >= 0.3 is 0 Å². The lowest BCUT2D eigenvalue weighted by molar-refractivity contribution is -0.132. The summed E-state index contributed by atoms with van der Waals surface area (Å²) < 4.78 is 0. The van der Waals surface area contributed by atoms with E-state index in [4.69, 9.17) is 0 Å². The summed E-state index contributed by atoms with van der Waals surface area (Å²) >= 11 is 1.64. The van der Waals surface area contributed by atoms with Gasteiger partial charge in [-0.3, -0.25) is 4.79 Å². The zero-order valence-electron chi connectivity index (χ0n) is 12.4. The highest BCUT2D eigenvalue weighted by Crippen LogP contribution is 2.59. The number of nitrogens with zero attached hydrogens (tertiary/aromatic N) is 2. The van der Waals surface area contributed by atoms with Gasteiger partial charge in [-0.2, -0.15) is 0 Å². The Hall–Kier alpha value is -0.360. The van der Waals surface area contributed by atoms with Crippen LogP contribution < -0.4 is 5.32 Å². The summed E-state index contributed by atoms with van der Waals surface area (Å²) in [5, 5.41) is 3.38. The Balaban J connectivity index is 0.00000110. The normalized spacial score (nSPS) is 22.1. The van der Waals surface area contributed by atoms with Gasteiger partial charge in [-0.1, -0.05) is 0 Å². The summed E-state index contributed by atoms with van der Waals surface area (Å²) in [4.78, 5) is 19.8. The summed E-state index contributed by atoms with van der Waals surface area (Å²) in [7, 11) is 1.93. The monoisotopic (exact) mass is 351 g/mol. The van der Waals surface area contributed by atoms with Crippen molar-refractivity contribution in [1.29, 1.82) is 0 Å². The molecule has 2 aliphatic rings. The van der Waals surface area contributed by atoms with Crippen LogP contribution in [-0.2, 0) is 11.3 Å². The second-order valence-electron chi connectivity index (χ2n) is 5.92. The molecular weight excluding hydrogens is 329 g/mol. The van der Waals surface area contributed by atoms with Crippen LogP contribution in [0.1, 0.15) is 29.8 Å². The molecular formula is C14H23Cl2N3OS. The lowest BCUT2D eigenvalue weighted by atomic mass is 9.91. The molecule has 1 N–H and O–H groups in total. The molecule has 1 aromatic rings. The van der Waals surface area contributed by atoms with E-state index in [0.29, 0.717) is 17.9 Å². The number of aryl methyl sites for hydroxylation is 1. The Morgan fingerprint density at radius 1 is 1.48 bits per heavy atom. The minimum absolute atomic E-state index is 0. The molecule has 1 aliphatic carbocycles. The summed E-state index contributed by atoms with van der Waals surface area (Å²) in [5.41, 5.74) is 3.24. The SMILES string of the molecule is Cc1ncsc1CN(C)C(=O)C1CC12CCNCC2.Cl.Cl. The van der Waals surface area contributed by atoms with E-state index in [1.807, 2.05) is 24.4 Å². The van der Waals surface area contributed by atoms with Crippen LogP contribution in [-0.4, -0.2) is 35.9 Å². The Morgan fingerprint density at radius 2 is 2.14 bits per heavy atom. The van der Waals surface area contributed by atoms with Crippen LogP contribution in [0.25, 0.3) is 0 Å². The maximum atomic E-state index is 12.5. The van der Waals surface area contributed by atoms with E-state index in [1.165, 1.54) is 4.88 Å². The third kappa shape index (κ3) is 3.70. The van der Waals surface area contributed by atoms with E-state index in [0.717, 1.165) is 38.0 Å². The van der Waals surface area contributed by atoms with Crippen LogP contribution >= 0.6 is 36.2 Å². The molecule has 1 spiro atoms. The van der Waals surface area contributed by atoms with E-state index in [-0.39, 0.29) is 30.7 Å². The van der Waals surface area contributed by atoms with Gasteiger partial charge < -0.3 is 10.2 Å². The van der Waals surface area contributed by atoms with Gasteiger partial charge in [-0.05, 0) is 44.7 Å². The molecule has 1 aromatic heterocycles. The number of aromatic nitrogens is 1. The summed E-state index contributed by atoms with van der Waals surface area (Å²) in [6, 6.07) is 0. The number of hydrogen-bond acceptors (Lipinski definition) is 4. The van der Waals surface area contributed by atoms with Crippen molar-refractivity contribution in [3.63, 3.8) is 0 Å². The van der Waals surface area contributed by atoms with Gasteiger partial charge in [0.15, 0.2) is 0 Å². The lowest BCUT2D eigenvalue weighted by Crippen LogP contribution is -2.34. The number of nitrogens with one attached hydrogen (secondary N) is 1. The zero-order valence-corrected chi connectivity index (χ0v) is 14.9. The van der Waals surface area contributed by atoms with Crippen LogP contribution in [0.5, 0.6) is 0 Å². The van der Waals surface area contributed by atoms with Gasteiger partial charge in [0, 0.05) is 17.8 Å². The second-order valence-corrected chi connectivity index (χ2v) is 6.86. The quantitative estimate of drug-likeness (QED) is 0.910. The molecule has 3 rings (SSSR count). The first kappa shape index (κ1) is 18.7. The van der Waals surface area contributed by atoms with Gasteiger partial charge in [-0.25, -0.2) is 4.98 Å². The zero-order chi connectivity index (χ0) is 13.5. The third-order valence-electron chi connectivity index (χ3n) is 4.69. The minimum Gasteiger partial charge on any atom is -0.340 e. The number of hydrogen-bond donors (Lipinski definition) is 1. The van der Waals surface area contributed by atoms with Crippen LogP contribution in [0.15, 0.2) is 5.51 Å². The topological polar surface area (TPSA) is 45.2 Å². The highest BCUT2D eigenvalue weighted by atomic mass is 35.5. The van der Waals surface area contributed by atoms with E-state index in [2.05, 4.69) is 10.3 Å². The molecule has 1 aliphatic heterocycles. The first-order valence-electron chi connectivity index (χ1n) is 6.97. The standard InChI is InChI=1S/C14H21N3OS.2ClH/c1-10-12(19-9-16-10)8-17(2)13(18)11-7-14(11)3-5-15-6-4-14;;/h9,11,15H,3-8H2,1-2H3;2*1H. The number of thiazole rings is 1. The molecule has 1 saturated carbocycles. The van der Waals surface area contributed by atoms with Gasteiger partial charge in [0.2, 0.25) is 5.91 Å². The molecule has 0 radical (unpaired) electrons. The number of piperidine rings is 1. The predicted octanol–water partition coefficient (Wildman–Crippen LogP) is 2.64. The third-order valence-corrected chi connectivity index (χ3v) is 5.61. The molecule has 4 nitrogen and oxygen atoms in total. The maximum absolute atomic E-state index is 12.5. The average Bonchev–Trinajstić information content (AvgIpc) is 2.94. The Morgan fingerprint density at radius 3 is 2.71 bits per heavy atom. The highest BCUT2D eigenvalue weighted by molar-refractivity contribution is 7.09. The van der Waals surface area contributed by atoms with Crippen molar-refractivity contribution in [3.8, 4) is 0 Å². The molecule has 1 amide bonds. The van der Waals surface area contributed by atoms with Crippen molar-refractivity contribution in [2.24, 2.45) is 11.3 Å². The summed E-state index contributed by atoms with van der Waals surface area (Å²) in [6.45, 7) is 4.86. The minimum atomic E-state index is 0. The number of amides is 1. The first-order chi connectivity index (χ1) is 9.12. The fraction of sp³-hybridized carbons (Fsp3) is 0.714. The van der Waals surface area contributed by atoms with Gasteiger partial charge in [0.25, 0.3) is 0 Å². The number of rotatable bonds is 3. The lowest BCUT2D eigenvalue weighted by Gasteiger charge is -2.25. The smallest absolute Gasteiger partial charge is 0.226 e. The van der Waals surface area contributed by atoms with Crippen molar-refractivity contribution in [3.05, 3.63) is 16.1 Å². The summed E-state index contributed by atoms with van der Waals surface area (Å²) in [5.74, 6) is 0.600. The van der Waals surface area contributed by atoms with Crippen molar-refractivity contribution < 1.29 is 4.79 Å². The molecule has 1 atom stereocenters. The predicted molar refractivity (Wildman–Crippen MR) is 90.5 cm³/mol. The van der Waals surface area contributed by atoms with E-state index in [9.17, 15) is 4.79 Å². The Kier molecular flexibility index (Phi) is 6.47. The fourth-order valence-electron chi connectivity index (χ4n) is 3.21. The molecule has 7 heteroatoms. The summed E-state index contributed by atoms with van der Waals surface area (Å²) in [6.07, 6.45) is 3.42. The fourth-order valence-corrected chi connectivity index (χ4v) is 4.04. The van der Waals surface area contributed by atoms with Crippen LogP contribution in [0, 0.1) is 18.3 Å². The Labute approximate surface area is 142 Å². The van der Waals surface area contributed by atoms with E-state index >= 15 is 0 Å². The number of carbonyl (C=O) groups is 1. The van der Waals surface area contributed by atoms with Crippen molar-refractivity contribution >= 4 is 42.1 Å². The molecule has 2 fully saturated rings. The molecule has 120 valence electrons. The number of carbonyl (C=O) groups excluding carboxylic acids is 1. The molecule has 0 bridgehead atoms. The average molecular weight is 352 g/mol. The Bertz CT molecular complexity index is 488. The van der Waals surface area contributed by atoms with Gasteiger partial charge in [0.1, 0.15) is 0 Å². The van der Waals surface area contributed by atoms with Crippen LogP contribution in [0.2, 0.25) is 0 Å². The van der Waals surface area contributed by atoms with Crippen molar-refractivity contribution in [2.45, 2.75) is 32.7 Å². The largest absolute Gasteiger partial charge is 0.340 e. The molecule has 2 heterocycles. The molecule has 21 heavy (non-hydrogen) atoms. The molecule has 1 saturated heterocycles. The first-order valence-corrected chi connectivity index (χ1v) is 7.85. The van der Waals surface area contributed by atoms with Crippen LogP contribution in [0.3, 0.4) is 0 Å². The van der Waals surface area contributed by atoms with Crippen molar-refractivity contribution in [1.82, 2.24) is 15.2 Å². The second kappa shape index (κ2) is 7.27. The van der Waals surface area contributed by atoms with E-state index < -0.39 is 0 Å². The maximum Gasteiger partial charge on any atom is 0.226 e.